The second kappa shape index (κ2) is 4.11. The molecule has 0 aromatic rings. The van der Waals surface area contributed by atoms with Gasteiger partial charge in [-0.25, -0.2) is 13.1 Å². The number of nitrogens with zero attached hydrogens (tertiary/aromatic N) is 1. The van der Waals surface area contributed by atoms with Gasteiger partial charge >= 0.3 is 0 Å². The van der Waals surface area contributed by atoms with Crippen LogP contribution in [0.1, 0.15) is 40.0 Å². The smallest absolute Gasteiger partial charge is 0.211 e. The lowest BCUT2D eigenvalue weighted by Crippen LogP contribution is -2.38. The average Bonchev–Trinajstić information content (AvgIpc) is 2.43. The molecule has 4 nitrogen and oxygen atoms in total. The van der Waals surface area contributed by atoms with E-state index >= 15 is 0 Å². The van der Waals surface area contributed by atoms with Crippen molar-refractivity contribution in [1.29, 1.82) is 5.26 Å². The highest BCUT2D eigenvalue weighted by Crippen LogP contribution is 2.37. The third kappa shape index (κ3) is 3.18. The van der Waals surface area contributed by atoms with Gasteiger partial charge in [0.05, 0.1) is 6.07 Å². The van der Waals surface area contributed by atoms with Crippen molar-refractivity contribution in [3.05, 3.63) is 0 Å². The highest BCUT2D eigenvalue weighted by molar-refractivity contribution is 7.90. The van der Waals surface area contributed by atoms with Gasteiger partial charge in [-0.1, -0.05) is 13.8 Å². The van der Waals surface area contributed by atoms with Crippen molar-refractivity contribution in [2.24, 2.45) is 5.41 Å². The fraction of sp³-hybridized carbons (Fsp3) is 0.900. The molecule has 0 heterocycles. The van der Waals surface area contributed by atoms with E-state index in [-0.39, 0.29) is 11.5 Å². The molecule has 0 aliphatic heterocycles. The molecule has 2 unspecified atom stereocenters. The third-order valence-corrected chi connectivity index (χ3v) is 4.64. The maximum absolute atomic E-state index is 11.6. The van der Waals surface area contributed by atoms with Crippen molar-refractivity contribution in [2.45, 2.75) is 51.3 Å². The first-order valence-corrected chi connectivity index (χ1v) is 6.72. The van der Waals surface area contributed by atoms with E-state index < -0.39 is 15.3 Å². The SMILES string of the molecule is CC(C#N)S(=O)(=O)NC1CCC(C)(C)C1. The Morgan fingerprint density at radius 2 is 2.13 bits per heavy atom. The summed E-state index contributed by atoms with van der Waals surface area (Å²) < 4.78 is 25.8. The topological polar surface area (TPSA) is 70.0 Å². The lowest BCUT2D eigenvalue weighted by molar-refractivity contribution is 0.372. The Labute approximate surface area is 91.7 Å². The Hall–Kier alpha value is -0.600. The fourth-order valence-electron chi connectivity index (χ4n) is 1.94. The second-order valence-electron chi connectivity index (χ2n) is 5.04. The summed E-state index contributed by atoms with van der Waals surface area (Å²) in [5.41, 5.74) is 0.211. The van der Waals surface area contributed by atoms with Crippen LogP contribution in [0.5, 0.6) is 0 Å². The Morgan fingerprint density at radius 3 is 2.53 bits per heavy atom. The summed E-state index contributed by atoms with van der Waals surface area (Å²) >= 11 is 0. The molecule has 0 spiro atoms. The maximum atomic E-state index is 11.6. The first kappa shape index (κ1) is 12.5. The van der Waals surface area contributed by atoms with Crippen LogP contribution < -0.4 is 4.72 Å². The van der Waals surface area contributed by atoms with Gasteiger partial charge < -0.3 is 0 Å². The van der Waals surface area contributed by atoms with Crippen LogP contribution in [0.4, 0.5) is 0 Å². The summed E-state index contributed by atoms with van der Waals surface area (Å²) in [7, 11) is -3.46. The minimum absolute atomic E-state index is 0.000741. The molecule has 1 fully saturated rings. The van der Waals surface area contributed by atoms with Crippen LogP contribution in [0.2, 0.25) is 0 Å². The summed E-state index contributed by atoms with van der Waals surface area (Å²) in [5, 5.41) is 7.61. The van der Waals surface area contributed by atoms with E-state index in [9.17, 15) is 8.42 Å². The zero-order chi connectivity index (χ0) is 11.7. The molecule has 0 saturated heterocycles. The summed E-state index contributed by atoms with van der Waals surface area (Å²) in [6, 6.07) is 1.75. The van der Waals surface area contributed by atoms with Crippen molar-refractivity contribution in [1.82, 2.24) is 4.72 Å². The van der Waals surface area contributed by atoms with Crippen LogP contribution in [0, 0.1) is 16.7 Å². The van der Waals surface area contributed by atoms with Crippen LogP contribution in [0.3, 0.4) is 0 Å². The van der Waals surface area contributed by atoms with E-state index in [1.165, 1.54) is 6.92 Å². The summed E-state index contributed by atoms with van der Waals surface area (Å²) in [4.78, 5) is 0. The van der Waals surface area contributed by atoms with Crippen LogP contribution in [-0.2, 0) is 10.0 Å². The molecule has 1 aliphatic carbocycles. The molecule has 0 aromatic heterocycles. The molecule has 86 valence electrons. The molecular formula is C10H18N2O2S. The normalized spacial score (nSPS) is 27.2. The van der Waals surface area contributed by atoms with Gasteiger partial charge in [-0.2, -0.15) is 5.26 Å². The summed E-state index contributed by atoms with van der Waals surface area (Å²) in [6.45, 7) is 5.67. The molecule has 0 aromatic carbocycles. The zero-order valence-electron chi connectivity index (χ0n) is 9.45. The predicted molar refractivity (Wildman–Crippen MR) is 58.6 cm³/mol. The number of hydrogen-bond donors (Lipinski definition) is 1. The highest BCUT2D eigenvalue weighted by atomic mass is 32.2. The quantitative estimate of drug-likeness (QED) is 0.796. The largest absolute Gasteiger partial charge is 0.227 e. The Bertz CT molecular complexity index is 367. The molecule has 15 heavy (non-hydrogen) atoms. The van der Waals surface area contributed by atoms with Gasteiger partial charge in [-0.05, 0) is 31.6 Å². The predicted octanol–water partition coefficient (Wildman–Crippen LogP) is 1.40. The molecule has 0 amide bonds. The standard InChI is InChI=1S/C10H18N2O2S/c1-8(7-11)15(13,14)12-9-4-5-10(2,3)6-9/h8-9,12H,4-6H2,1-3H3. The van der Waals surface area contributed by atoms with E-state index in [0.29, 0.717) is 0 Å². The monoisotopic (exact) mass is 230 g/mol. The van der Waals surface area contributed by atoms with Gasteiger partial charge in [-0.15, -0.1) is 0 Å². The molecule has 1 N–H and O–H groups in total. The van der Waals surface area contributed by atoms with E-state index in [2.05, 4.69) is 18.6 Å². The van der Waals surface area contributed by atoms with E-state index in [1.54, 1.807) is 6.07 Å². The van der Waals surface area contributed by atoms with Crippen LogP contribution >= 0.6 is 0 Å². The zero-order valence-corrected chi connectivity index (χ0v) is 10.3. The first-order valence-electron chi connectivity index (χ1n) is 5.18. The van der Waals surface area contributed by atoms with Crippen molar-refractivity contribution >= 4 is 10.0 Å². The van der Waals surface area contributed by atoms with Gasteiger partial charge in [0, 0.05) is 6.04 Å². The molecule has 1 saturated carbocycles. The van der Waals surface area contributed by atoms with Crippen LogP contribution in [0.15, 0.2) is 0 Å². The molecular weight excluding hydrogens is 212 g/mol. The molecule has 5 heteroatoms. The van der Waals surface area contributed by atoms with Crippen LogP contribution in [-0.4, -0.2) is 19.7 Å². The molecule has 1 rings (SSSR count). The van der Waals surface area contributed by atoms with Gasteiger partial charge in [0.2, 0.25) is 10.0 Å². The third-order valence-electron chi connectivity index (χ3n) is 2.95. The molecule has 1 aliphatic rings. The lowest BCUT2D eigenvalue weighted by atomic mass is 9.92. The van der Waals surface area contributed by atoms with Crippen molar-refractivity contribution in [3.63, 3.8) is 0 Å². The Morgan fingerprint density at radius 1 is 1.53 bits per heavy atom. The summed E-state index contributed by atoms with van der Waals surface area (Å²) in [5.74, 6) is 0. The van der Waals surface area contributed by atoms with E-state index in [0.717, 1.165) is 19.3 Å². The second-order valence-corrected chi connectivity index (χ2v) is 7.07. The van der Waals surface area contributed by atoms with Gasteiger partial charge in [0.1, 0.15) is 0 Å². The lowest BCUT2D eigenvalue weighted by Gasteiger charge is -2.18. The van der Waals surface area contributed by atoms with Crippen LogP contribution in [0.25, 0.3) is 0 Å². The highest BCUT2D eigenvalue weighted by Gasteiger charge is 2.34. The number of nitriles is 1. The van der Waals surface area contributed by atoms with Gasteiger partial charge in [0.25, 0.3) is 0 Å². The van der Waals surface area contributed by atoms with E-state index in [4.69, 9.17) is 5.26 Å². The molecule has 2 atom stereocenters. The van der Waals surface area contributed by atoms with Gasteiger partial charge in [-0.3, -0.25) is 0 Å². The minimum Gasteiger partial charge on any atom is -0.211 e. The Balaban J connectivity index is 2.62. The number of nitrogens with one attached hydrogen (secondary N) is 1. The maximum Gasteiger partial charge on any atom is 0.227 e. The Kier molecular flexibility index (Phi) is 3.41. The fourth-order valence-corrected chi connectivity index (χ4v) is 2.95. The molecule has 0 radical (unpaired) electrons. The average molecular weight is 230 g/mol. The minimum atomic E-state index is -3.46. The van der Waals surface area contributed by atoms with Crippen molar-refractivity contribution < 1.29 is 8.42 Å². The number of sulfonamides is 1. The number of hydrogen-bond acceptors (Lipinski definition) is 3. The first-order chi connectivity index (χ1) is 6.77. The number of rotatable bonds is 3. The van der Waals surface area contributed by atoms with E-state index in [1.807, 2.05) is 0 Å². The van der Waals surface area contributed by atoms with Gasteiger partial charge in [0.15, 0.2) is 5.25 Å². The van der Waals surface area contributed by atoms with Crippen molar-refractivity contribution in [2.75, 3.05) is 0 Å². The van der Waals surface area contributed by atoms with Crippen molar-refractivity contribution in [3.8, 4) is 6.07 Å². The molecule has 0 bridgehead atoms. The summed E-state index contributed by atoms with van der Waals surface area (Å²) in [6.07, 6.45) is 2.75.